The number of phenols is 2. The van der Waals surface area contributed by atoms with E-state index < -0.39 is 71.4 Å². The van der Waals surface area contributed by atoms with Crippen LogP contribution >= 0.6 is 92.8 Å². The van der Waals surface area contributed by atoms with Crippen molar-refractivity contribution in [3.63, 3.8) is 0 Å². The minimum Gasteiger partial charge on any atom is -0.508 e. The number of carbonyl (C=O) groups is 10. The predicted molar refractivity (Wildman–Crippen MR) is 491 cm³/mol. The summed E-state index contributed by atoms with van der Waals surface area (Å²) in [6.07, 6.45) is 0.336. The van der Waals surface area contributed by atoms with Crippen molar-refractivity contribution < 1.29 is 96.9 Å². The van der Waals surface area contributed by atoms with Gasteiger partial charge in [-0.1, -0.05) is 135 Å². The first-order valence-electron chi connectivity index (χ1n) is 38.9. The summed E-state index contributed by atoms with van der Waals surface area (Å²) in [7, 11) is 0. The van der Waals surface area contributed by atoms with Gasteiger partial charge >= 0.3 is 23.9 Å². The average Bonchev–Trinajstić information content (AvgIpc) is 0.748. The lowest BCUT2D eigenvalue weighted by Gasteiger charge is -2.17. The second-order valence-electron chi connectivity index (χ2n) is 28.8. The first kappa shape index (κ1) is 93.4. The van der Waals surface area contributed by atoms with Crippen molar-refractivity contribution in [2.45, 2.75) is 37.8 Å². The van der Waals surface area contributed by atoms with E-state index in [1.807, 2.05) is 0 Å². The van der Waals surface area contributed by atoms with Crippen molar-refractivity contribution in [3.8, 4) is 67.9 Å². The first-order chi connectivity index (χ1) is 62.1. The molecule has 130 heavy (non-hydrogen) atoms. The molecule has 2 aliphatic carbocycles. The van der Waals surface area contributed by atoms with Crippen molar-refractivity contribution in [1.82, 2.24) is 21.3 Å². The van der Waals surface area contributed by atoms with Gasteiger partial charge in [0.25, 0.3) is 35.4 Å². The average molecular weight is 1920 g/mol. The van der Waals surface area contributed by atoms with E-state index >= 15 is 0 Å². The normalized spacial score (nSPS) is 11.5. The fourth-order valence-corrected chi connectivity index (χ4v) is 16.3. The van der Waals surface area contributed by atoms with E-state index in [9.17, 15) is 88.2 Å². The number of phenolic OH excluding ortho intramolecular Hbond substituents is 2. The molecule has 0 unspecified atom stereocenters. The number of hydrogen-bond acceptors (Lipinski definition) is 18. The Balaban J connectivity index is 0.000000222. The van der Waals surface area contributed by atoms with Gasteiger partial charge in [-0.05, 0) is 187 Å². The molecule has 12 N–H and O–H groups in total. The summed E-state index contributed by atoms with van der Waals surface area (Å²) < 4.78 is 23.3. The number of carbonyl (C=O) groups excluding carboxylic acids is 6. The van der Waals surface area contributed by atoms with Gasteiger partial charge in [-0.3, -0.25) is 38.4 Å². The summed E-state index contributed by atoms with van der Waals surface area (Å²) in [5, 5.41) is 77.3. The number of nitrogens with one attached hydrogen (secondary N) is 6. The fraction of sp³-hybridized carbons (Fsp3) is 0.106. The van der Waals surface area contributed by atoms with Crippen molar-refractivity contribution in [2.24, 2.45) is 0 Å². The number of halogens is 8. The van der Waals surface area contributed by atoms with E-state index in [4.69, 9.17) is 111 Å². The molecule has 6 amide bonds. The highest BCUT2D eigenvalue weighted by atomic mass is 35.5. The highest BCUT2D eigenvalue weighted by Gasteiger charge is 2.31. The van der Waals surface area contributed by atoms with Crippen LogP contribution in [0.15, 0.2) is 237 Å². The molecule has 2 heterocycles. The Hall–Kier alpha value is -14.2. The third kappa shape index (κ3) is 22.1. The molecule has 4 aliphatic rings. The van der Waals surface area contributed by atoms with Gasteiger partial charge in [-0.15, -0.1) is 0 Å². The van der Waals surface area contributed by atoms with Crippen LogP contribution in [0.3, 0.4) is 0 Å². The summed E-state index contributed by atoms with van der Waals surface area (Å²) in [4.78, 5) is 152. The highest BCUT2D eigenvalue weighted by Crippen LogP contribution is 2.45. The largest absolute Gasteiger partial charge is 0.508 e. The van der Waals surface area contributed by atoms with E-state index in [1.165, 1.54) is 146 Å². The van der Waals surface area contributed by atoms with Gasteiger partial charge in [0, 0.05) is 106 Å². The number of anilines is 2. The van der Waals surface area contributed by atoms with Crippen LogP contribution in [0.5, 0.6) is 23.0 Å². The van der Waals surface area contributed by atoms with E-state index in [2.05, 4.69) is 31.9 Å². The molecule has 28 nitrogen and oxygen atoms in total. The number of aromatic hydroxyl groups is 2. The van der Waals surface area contributed by atoms with Gasteiger partial charge in [0.2, 0.25) is 0 Å². The second-order valence-corrected chi connectivity index (χ2v) is 32.1. The Morgan fingerprint density at radius 3 is 1.12 bits per heavy atom. The van der Waals surface area contributed by atoms with Crippen LogP contribution in [0, 0.1) is 0 Å². The minimum absolute atomic E-state index is 0.0644. The van der Waals surface area contributed by atoms with Crippen LogP contribution in [0.2, 0.25) is 40.2 Å². The van der Waals surface area contributed by atoms with Crippen molar-refractivity contribution >= 4 is 185 Å². The molecule has 2 atom stereocenters. The topological polar surface area (TPSA) is 443 Å². The molecule has 10 aromatic rings. The maximum atomic E-state index is 13.4. The lowest BCUT2D eigenvalue weighted by atomic mass is 9.89. The molecule has 0 radical (unpaired) electrons. The standard InChI is InChI=1S/2C47H33Cl4N3O11/c48-33-3-1-4-34(49)41(33)44(58)53-25-8-5-23(6-9-25)17-37(47(62)63)54-45(59)42-35(50)21-28(22-36(42)51)64-16-2-15-52-43(57)24-7-12-29(46(60)61)32(18-24)40-30-13-10-26(55)19-38(30)65-39-20-27(56)11-14-31(39)40;48-33-3-1-4-34(49)41(33)44(58)53-25-8-5-23(6-9-25)17-37(47(62)63)54-45(59)42-35(50)21-28(22-36(42)51)64-16-2-15-52-43(57)24-7-12-29(32(18-24)46(60)61)40-30-13-10-26(55)19-38(30)65-39-20-27(56)11-14-31(39)40/h2*1,3-14,18-22,37,55H,2,15-17H2,(H,52,57)(H,53,58)(H,54,59)(H,60,61)(H,62,63)/t2*37-/m00/s1. The molecule has 0 aromatic heterocycles. The lowest BCUT2D eigenvalue weighted by Crippen LogP contribution is -2.42. The van der Waals surface area contributed by atoms with E-state index in [0.717, 1.165) is 0 Å². The van der Waals surface area contributed by atoms with Crippen LogP contribution < -0.4 is 52.2 Å². The molecule has 0 saturated heterocycles. The number of aliphatic carboxylic acids is 2. The zero-order valence-corrected chi connectivity index (χ0v) is 72.9. The van der Waals surface area contributed by atoms with Crippen LogP contribution in [-0.2, 0) is 22.4 Å². The minimum atomic E-state index is -1.39. The van der Waals surface area contributed by atoms with Gasteiger partial charge in [0.1, 0.15) is 57.8 Å². The van der Waals surface area contributed by atoms with Gasteiger partial charge in [0.15, 0.2) is 10.9 Å². The third-order valence-corrected chi connectivity index (χ3v) is 22.5. The number of aromatic carboxylic acids is 2. The van der Waals surface area contributed by atoms with E-state index in [-0.39, 0.29) is 198 Å². The molecule has 10 aromatic carbocycles. The summed E-state index contributed by atoms with van der Waals surface area (Å²) in [6.45, 7) is 0.380. The Kier molecular flexibility index (Phi) is 29.7. The van der Waals surface area contributed by atoms with Gasteiger partial charge in [-0.25, -0.2) is 19.2 Å². The van der Waals surface area contributed by atoms with E-state index in [1.54, 1.807) is 72.8 Å². The number of amides is 6. The summed E-state index contributed by atoms with van der Waals surface area (Å²) >= 11 is 50.3. The summed E-state index contributed by atoms with van der Waals surface area (Å²) in [6, 6.07) is 49.7. The predicted octanol–water partition coefficient (Wildman–Crippen LogP) is 18.9. The molecule has 0 spiro atoms. The molecule has 0 fully saturated rings. The van der Waals surface area contributed by atoms with Gasteiger partial charge in [0.05, 0.1) is 86.8 Å². The van der Waals surface area contributed by atoms with Crippen LogP contribution in [0.25, 0.3) is 66.8 Å². The molecular weight excluding hydrogens is 1850 g/mol. The monoisotopic (exact) mass is 1910 g/mol. The zero-order chi connectivity index (χ0) is 93.1. The Morgan fingerprint density at radius 1 is 0.354 bits per heavy atom. The summed E-state index contributed by atoms with van der Waals surface area (Å²) in [5.74, 6) is -8.50. The molecule has 660 valence electrons. The number of rotatable bonds is 30. The first-order valence-corrected chi connectivity index (χ1v) is 41.9. The van der Waals surface area contributed by atoms with Gasteiger partial charge in [-0.2, -0.15) is 0 Å². The number of hydrogen-bond donors (Lipinski definition) is 12. The number of fused-ring (bicyclic) bond motifs is 4. The van der Waals surface area contributed by atoms with Crippen LogP contribution in [-0.4, -0.2) is 128 Å². The second kappa shape index (κ2) is 41.3. The summed E-state index contributed by atoms with van der Waals surface area (Å²) in [5.41, 5.74) is 3.49. The molecule has 0 bridgehead atoms. The van der Waals surface area contributed by atoms with Crippen molar-refractivity contribution in [2.75, 3.05) is 36.9 Å². The maximum absolute atomic E-state index is 13.4. The Morgan fingerprint density at radius 2 is 0.723 bits per heavy atom. The third-order valence-electron chi connectivity index (χ3n) is 20.0. The Bertz CT molecular complexity index is 6860. The molecular formula is C94H66Cl8N6O22. The fourth-order valence-electron chi connectivity index (χ4n) is 13.9. The van der Waals surface area contributed by atoms with Crippen LogP contribution in [0.1, 0.15) is 107 Å². The SMILES string of the molecule is O=C(NCCCOc1cc(Cl)c(C(=O)N[C@@H](Cc2ccc(NC(=O)c3c(Cl)cccc3Cl)cc2)C(=O)O)c(Cl)c1)c1ccc(-c2c3ccc(=O)cc-3oc3cc(O)ccc23)c(C(=O)O)c1.O=C(NCCCOc1cc(Cl)c(C(=O)N[C@@H](Cc2ccc(NC(=O)c3c(Cl)cccc3Cl)cc2)C(=O)O)c(Cl)c1)c1ccc(C(=O)O)c(-c2c3ccc(=O)cc-3oc3cc(O)ccc23)c1. The molecule has 14 rings (SSSR count). The molecule has 2 aliphatic heterocycles. The zero-order valence-electron chi connectivity index (χ0n) is 66.8. The quantitative estimate of drug-likeness (QED) is 0.0147. The van der Waals surface area contributed by atoms with E-state index in [0.29, 0.717) is 61.9 Å². The number of carboxylic acids is 4. The van der Waals surface area contributed by atoms with Crippen LogP contribution in [0.4, 0.5) is 11.4 Å². The van der Waals surface area contributed by atoms with Crippen molar-refractivity contribution in [3.05, 3.63) is 335 Å². The smallest absolute Gasteiger partial charge is 0.336 e. The Labute approximate surface area is 775 Å². The number of benzene rings is 12. The molecule has 36 heteroatoms. The van der Waals surface area contributed by atoms with Crippen molar-refractivity contribution in [1.29, 1.82) is 0 Å². The highest BCUT2D eigenvalue weighted by molar-refractivity contribution is 6.42. The van der Waals surface area contributed by atoms with Gasteiger partial charge < -0.3 is 80.8 Å². The number of carboxylic acid groups (broad SMARTS) is 4. The lowest BCUT2D eigenvalue weighted by molar-refractivity contribution is -0.140. The number of ether oxygens (including phenoxy) is 2. The maximum Gasteiger partial charge on any atom is 0.336 e. The molecule has 0 saturated carbocycles.